The second-order valence-electron chi connectivity index (χ2n) is 3.32. The van der Waals surface area contributed by atoms with Crippen molar-refractivity contribution in [1.29, 1.82) is 0 Å². The van der Waals surface area contributed by atoms with E-state index in [0.29, 0.717) is 13.0 Å². The molecule has 4 heteroatoms. The van der Waals surface area contributed by atoms with E-state index < -0.39 is 5.60 Å². The molecule has 2 N–H and O–H groups in total. The zero-order valence-electron chi connectivity index (χ0n) is 7.50. The normalized spacial score (nSPS) is 36.1. The van der Waals surface area contributed by atoms with Crippen molar-refractivity contribution in [1.82, 2.24) is 0 Å². The number of hydrogen-bond donors (Lipinski definition) is 1. The highest BCUT2D eigenvalue weighted by Gasteiger charge is 2.39. The van der Waals surface area contributed by atoms with Crippen molar-refractivity contribution < 1.29 is 14.3 Å². The lowest BCUT2D eigenvalue weighted by Crippen LogP contribution is -2.48. The molecule has 1 heterocycles. The van der Waals surface area contributed by atoms with E-state index in [9.17, 15) is 4.79 Å². The lowest BCUT2D eigenvalue weighted by molar-refractivity contribution is -0.173. The highest BCUT2D eigenvalue weighted by Crippen LogP contribution is 2.24. The molecule has 2 unspecified atom stereocenters. The fraction of sp³-hybridized carbons (Fsp3) is 0.875. The Kier molecular flexibility index (Phi) is 2.69. The molecule has 1 aliphatic rings. The fourth-order valence-corrected chi connectivity index (χ4v) is 1.46. The molecule has 0 bridgehead atoms. The van der Waals surface area contributed by atoms with Crippen molar-refractivity contribution in [3.05, 3.63) is 0 Å². The van der Waals surface area contributed by atoms with Crippen molar-refractivity contribution in [2.45, 2.75) is 31.4 Å². The zero-order valence-corrected chi connectivity index (χ0v) is 7.50. The summed E-state index contributed by atoms with van der Waals surface area (Å²) in [5, 5.41) is 0. The number of ether oxygens (including phenoxy) is 2. The van der Waals surface area contributed by atoms with E-state index in [1.54, 1.807) is 6.92 Å². The van der Waals surface area contributed by atoms with Crippen LogP contribution in [0, 0.1) is 0 Å². The third-order valence-corrected chi connectivity index (χ3v) is 2.18. The lowest BCUT2D eigenvalue weighted by atomic mass is 9.93. The van der Waals surface area contributed by atoms with Crippen molar-refractivity contribution >= 4 is 5.97 Å². The van der Waals surface area contributed by atoms with Crippen LogP contribution in [-0.4, -0.2) is 31.3 Å². The predicted octanol–water partition coefficient (Wildman–Crippen LogP) is 0.0558. The monoisotopic (exact) mass is 173 g/mol. The van der Waals surface area contributed by atoms with Crippen LogP contribution < -0.4 is 5.73 Å². The first-order valence-corrected chi connectivity index (χ1v) is 4.06. The number of carbonyl (C=O) groups excluding carboxylic acids is 1. The van der Waals surface area contributed by atoms with Crippen molar-refractivity contribution in [2.75, 3.05) is 13.7 Å². The molecule has 0 aliphatic carbocycles. The van der Waals surface area contributed by atoms with Crippen LogP contribution in [0.3, 0.4) is 0 Å². The summed E-state index contributed by atoms with van der Waals surface area (Å²) in [5.74, 6) is -0.336. The van der Waals surface area contributed by atoms with E-state index in [4.69, 9.17) is 10.5 Å². The Hall–Kier alpha value is -0.610. The molecule has 0 amide bonds. The second-order valence-corrected chi connectivity index (χ2v) is 3.32. The van der Waals surface area contributed by atoms with Crippen LogP contribution in [0.5, 0.6) is 0 Å². The molecule has 2 atom stereocenters. The lowest BCUT2D eigenvalue weighted by Gasteiger charge is -2.34. The number of nitrogens with two attached hydrogens (primary N) is 1. The summed E-state index contributed by atoms with van der Waals surface area (Å²) >= 11 is 0. The Bertz CT molecular complexity index is 183. The van der Waals surface area contributed by atoms with Crippen LogP contribution in [0.15, 0.2) is 0 Å². The van der Waals surface area contributed by atoms with Crippen molar-refractivity contribution in [3.63, 3.8) is 0 Å². The smallest absolute Gasteiger partial charge is 0.337 e. The van der Waals surface area contributed by atoms with Gasteiger partial charge >= 0.3 is 5.97 Å². The molecule has 0 spiro atoms. The van der Waals surface area contributed by atoms with Gasteiger partial charge in [-0.1, -0.05) is 0 Å². The van der Waals surface area contributed by atoms with Gasteiger partial charge in [0.2, 0.25) is 0 Å². The van der Waals surface area contributed by atoms with Crippen LogP contribution in [0.25, 0.3) is 0 Å². The van der Waals surface area contributed by atoms with Gasteiger partial charge in [0.15, 0.2) is 5.60 Å². The maximum Gasteiger partial charge on any atom is 0.337 e. The van der Waals surface area contributed by atoms with Gasteiger partial charge in [-0.05, 0) is 13.3 Å². The second kappa shape index (κ2) is 3.41. The molecule has 1 fully saturated rings. The van der Waals surface area contributed by atoms with Gasteiger partial charge < -0.3 is 15.2 Å². The minimum atomic E-state index is -0.827. The van der Waals surface area contributed by atoms with E-state index in [0.717, 1.165) is 6.42 Å². The Morgan fingerprint density at radius 3 is 2.92 bits per heavy atom. The summed E-state index contributed by atoms with van der Waals surface area (Å²) in [6, 6.07) is 0.0443. The Morgan fingerprint density at radius 2 is 2.42 bits per heavy atom. The molecule has 0 aromatic carbocycles. The number of carbonyl (C=O) groups is 1. The van der Waals surface area contributed by atoms with E-state index in [2.05, 4.69) is 4.74 Å². The maximum atomic E-state index is 11.2. The Morgan fingerprint density at radius 1 is 1.75 bits per heavy atom. The minimum Gasteiger partial charge on any atom is -0.467 e. The number of rotatable bonds is 1. The summed E-state index contributed by atoms with van der Waals surface area (Å²) in [4.78, 5) is 11.2. The molecular weight excluding hydrogens is 158 g/mol. The molecular formula is C8H15NO3. The van der Waals surface area contributed by atoms with Gasteiger partial charge in [0.1, 0.15) is 0 Å². The van der Waals surface area contributed by atoms with Crippen LogP contribution in [0.2, 0.25) is 0 Å². The van der Waals surface area contributed by atoms with E-state index in [1.807, 2.05) is 0 Å². The molecule has 1 rings (SSSR count). The molecule has 70 valence electrons. The van der Waals surface area contributed by atoms with Crippen LogP contribution in [0.4, 0.5) is 0 Å². The first kappa shape index (κ1) is 9.48. The highest BCUT2D eigenvalue weighted by molar-refractivity contribution is 5.79. The van der Waals surface area contributed by atoms with E-state index >= 15 is 0 Å². The quantitative estimate of drug-likeness (QED) is 0.569. The first-order valence-electron chi connectivity index (χ1n) is 4.06. The van der Waals surface area contributed by atoms with Crippen LogP contribution >= 0.6 is 0 Å². The van der Waals surface area contributed by atoms with E-state index in [1.165, 1.54) is 7.11 Å². The molecule has 0 aromatic rings. The summed E-state index contributed by atoms with van der Waals surface area (Å²) in [7, 11) is 1.36. The largest absolute Gasteiger partial charge is 0.467 e. The molecule has 0 saturated carbocycles. The molecule has 1 aliphatic heterocycles. The molecule has 12 heavy (non-hydrogen) atoms. The predicted molar refractivity (Wildman–Crippen MR) is 43.6 cm³/mol. The standard InChI is InChI=1S/C8H15NO3/c1-8(7(10)11-2)5-6(9)3-4-12-8/h6H,3-5,9H2,1-2H3. The van der Waals surface area contributed by atoms with Gasteiger partial charge in [0.05, 0.1) is 7.11 Å². The Labute approximate surface area is 72.0 Å². The minimum absolute atomic E-state index is 0.0443. The summed E-state index contributed by atoms with van der Waals surface area (Å²) in [5.41, 5.74) is 4.89. The van der Waals surface area contributed by atoms with Gasteiger partial charge in [-0.3, -0.25) is 0 Å². The summed E-state index contributed by atoms with van der Waals surface area (Å²) < 4.78 is 9.96. The van der Waals surface area contributed by atoms with Gasteiger partial charge in [-0.15, -0.1) is 0 Å². The third-order valence-electron chi connectivity index (χ3n) is 2.18. The van der Waals surface area contributed by atoms with Crippen molar-refractivity contribution in [2.24, 2.45) is 5.73 Å². The fourth-order valence-electron chi connectivity index (χ4n) is 1.46. The molecule has 4 nitrogen and oxygen atoms in total. The Balaban J connectivity index is 2.63. The van der Waals surface area contributed by atoms with Gasteiger partial charge in [-0.2, -0.15) is 0 Å². The number of esters is 1. The molecule has 0 aromatic heterocycles. The van der Waals surface area contributed by atoms with Gasteiger partial charge in [0.25, 0.3) is 0 Å². The van der Waals surface area contributed by atoms with Crippen LogP contribution in [0.1, 0.15) is 19.8 Å². The number of hydrogen-bond acceptors (Lipinski definition) is 4. The van der Waals surface area contributed by atoms with Gasteiger partial charge in [-0.25, -0.2) is 4.79 Å². The average Bonchev–Trinajstić information content (AvgIpc) is 2.02. The molecule has 1 saturated heterocycles. The number of methoxy groups -OCH3 is 1. The van der Waals surface area contributed by atoms with E-state index in [-0.39, 0.29) is 12.0 Å². The maximum absolute atomic E-state index is 11.2. The van der Waals surface area contributed by atoms with Crippen molar-refractivity contribution in [3.8, 4) is 0 Å². The summed E-state index contributed by atoms with van der Waals surface area (Å²) in [6.07, 6.45) is 1.35. The third kappa shape index (κ3) is 1.76. The first-order chi connectivity index (χ1) is 5.58. The SMILES string of the molecule is COC(=O)C1(C)CC(N)CCO1. The highest BCUT2D eigenvalue weighted by atomic mass is 16.6. The summed E-state index contributed by atoms with van der Waals surface area (Å²) in [6.45, 7) is 2.25. The zero-order chi connectivity index (χ0) is 9.19. The van der Waals surface area contributed by atoms with Crippen LogP contribution in [-0.2, 0) is 14.3 Å². The molecule has 0 radical (unpaired) electrons. The van der Waals surface area contributed by atoms with Gasteiger partial charge in [0, 0.05) is 19.1 Å². The average molecular weight is 173 g/mol. The topological polar surface area (TPSA) is 61.5 Å².